The number of hydrogen-bond acceptors (Lipinski definition) is 12. The van der Waals surface area contributed by atoms with E-state index in [2.05, 4.69) is 10.2 Å². The van der Waals surface area contributed by atoms with Gasteiger partial charge in [-0.15, -0.1) is 0 Å². The minimum Gasteiger partial charge on any atom is -0.459 e. The van der Waals surface area contributed by atoms with E-state index < -0.39 is 22.9 Å². The smallest absolute Gasteiger partial charge is 0.320 e. The predicted molar refractivity (Wildman–Crippen MR) is 163 cm³/mol. The van der Waals surface area contributed by atoms with E-state index in [4.69, 9.17) is 14.2 Å². The van der Waals surface area contributed by atoms with Crippen molar-refractivity contribution in [3.63, 3.8) is 0 Å². The van der Waals surface area contributed by atoms with Crippen LogP contribution in [0.3, 0.4) is 0 Å². The van der Waals surface area contributed by atoms with Crippen LogP contribution in [0.5, 0.6) is 0 Å². The summed E-state index contributed by atoms with van der Waals surface area (Å²) in [5.74, 6) is -0.936. The van der Waals surface area contributed by atoms with Crippen LogP contribution in [0.25, 0.3) is 0 Å². The van der Waals surface area contributed by atoms with Crippen LogP contribution in [0.1, 0.15) is 62.3 Å². The Morgan fingerprint density at radius 1 is 0.595 bits per heavy atom. The van der Waals surface area contributed by atoms with Gasteiger partial charge in [-0.3, -0.25) is 34.0 Å². The van der Waals surface area contributed by atoms with Gasteiger partial charge in [-0.1, -0.05) is 0 Å². The minimum atomic E-state index is -0.601. The Bertz CT molecular complexity index is 789. The number of aliphatic hydroxyl groups excluding tert-OH is 1. The molecule has 0 aromatic rings. The lowest BCUT2D eigenvalue weighted by molar-refractivity contribution is -0.158. The van der Waals surface area contributed by atoms with Gasteiger partial charge in [0.1, 0.15) is 16.8 Å². The molecule has 1 atom stereocenters. The Morgan fingerprint density at radius 3 is 1.10 bits per heavy atom. The Labute approximate surface area is 254 Å². The number of nitrogens with zero attached hydrogens (tertiary/aromatic N) is 4. The molecule has 0 aromatic carbocycles. The van der Waals surface area contributed by atoms with Gasteiger partial charge in [0, 0.05) is 65.4 Å². The van der Waals surface area contributed by atoms with Gasteiger partial charge in [0.2, 0.25) is 0 Å². The first kappa shape index (κ1) is 38.2. The van der Waals surface area contributed by atoms with E-state index >= 15 is 0 Å². The van der Waals surface area contributed by atoms with Crippen LogP contribution < -0.4 is 5.32 Å². The molecule has 0 aliphatic carbocycles. The highest BCUT2D eigenvalue weighted by Gasteiger charge is 2.25. The molecular formula is C30H59N5O7. The fourth-order valence-corrected chi connectivity index (χ4v) is 4.50. The van der Waals surface area contributed by atoms with Crippen LogP contribution in [-0.2, 0) is 28.6 Å². The SMILES string of the molecule is CNCC(O)CN1CCN(CC(=O)OC(C)(C)C)CCN(CC(=O)OC(C)(C)C)CCN(CC(=O)OC(C)(C)C)CC1. The van der Waals surface area contributed by atoms with Gasteiger partial charge in [-0.2, -0.15) is 0 Å². The lowest BCUT2D eigenvalue weighted by Gasteiger charge is -2.35. The molecule has 42 heavy (non-hydrogen) atoms. The molecule has 246 valence electrons. The summed E-state index contributed by atoms with van der Waals surface area (Å²) in [5, 5.41) is 13.5. The summed E-state index contributed by atoms with van der Waals surface area (Å²) in [6, 6.07) is 0. The van der Waals surface area contributed by atoms with Crippen LogP contribution >= 0.6 is 0 Å². The van der Waals surface area contributed by atoms with Gasteiger partial charge in [0.05, 0.1) is 25.7 Å². The van der Waals surface area contributed by atoms with Gasteiger partial charge in [0.25, 0.3) is 0 Å². The van der Waals surface area contributed by atoms with Gasteiger partial charge >= 0.3 is 17.9 Å². The van der Waals surface area contributed by atoms with Crippen molar-refractivity contribution in [2.24, 2.45) is 0 Å². The standard InChI is InChI=1S/C30H59N5O7/c1-28(2,3)40-25(37)21-33-13-11-32(20-24(36)19-31-10)12-14-34(22-26(38)41-29(4,5)6)16-18-35(17-15-33)23-27(39)42-30(7,8)9/h24,31,36H,11-23H2,1-10H3. The number of β-amino-alcohol motifs (C(OH)–C–C–N with tert-alkyl or cyclic N) is 1. The van der Waals surface area contributed by atoms with Crippen molar-refractivity contribution in [3.8, 4) is 0 Å². The number of esters is 3. The molecule has 12 nitrogen and oxygen atoms in total. The third-order valence-electron chi connectivity index (χ3n) is 6.16. The largest absolute Gasteiger partial charge is 0.459 e. The summed E-state index contributed by atoms with van der Waals surface area (Å²) in [4.78, 5) is 46.5. The molecular weight excluding hydrogens is 542 g/mol. The van der Waals surface area contributed by atoms with Gasteiger partial charge in [-0.25, -0.2) is 0 Å². The van der Waals surface area contributed by atoms with Crippen molar-refractivity contribution in [2.45, 2.75) is 85.2 Å². The summed E-state index contributed by atoms with van der Waals surface area (Å²) in [6.07, 6.45) is -0.564. The fraction of sp³-hybridized carbons (Fsp3) is 0.900. The minimum absolute atomic E-state index is 0.0974. The molecule has 1 fully saturated rings. The summed E-state index contributed by atoms with van der Waals surface area (Å²) < 4.78 is 16.8. The summed E-state index contributed by atoms with van der Waals surface area (Å²) in [7, 11) is 1.80. The number of nitrogens with one attached hydrogen (secondary N) is 1. The third-order valence-corrected chi connectivity index (χ3v) is 6.16. The number of aliphatic hydroxyl groups is 1. The maximum absolute atomic E-state index is 12.8. The third kappa shape index (κ3) is 19.4. The molecule has 1 heterocycles. The van der Waals surface area contributed by atoms with Gasteiger partial charge < -0.3 is 24.6 Å². The molecule has 1 unspecified atom stereocenters. The number of ether oxygens (including phenoxy) is 3. The Hall–Kier alpha value is -1.83. The molecule has 0 amide bonds. The highest BCUT2D eigenvalue weighted by molar-refractivity contribution is 5.73. The maximum atomic E-state index is 12.8. The second-order valence-electron chi connectivity index (χ2n) is 14.1. The first-order valence-electron chi connectivity index (χ1n) is 15.1. The van der Waals surface area contributed by atoms with Crippen molar-refractivity contribution in [1.29, 1.82) is 0 Å². The van der Waals surface area contributed by atoms with Crippen LogP contribution in [-0.4, -0.2) is 158 Å². The molecule has 0 spiro atoms. The maximum Gasteiger partial charge on any atom is 0.320 e. The quantitative estimate of drug-likeness (QED) is 0.272. The lowest BCUT2D eigenvalue weighted by atomic mass is 10.2. The zero-order chi connectivity index (χ0) is 32.1. The zero-order valence-electron chi connectivity index (χ0n) is 28.0. The summed E-state index contributed by atoms with van der Waals surface area (Å²) >= 11 is 0. The Morgan fingerprint density at radius 2 is 0.857 bits per heavy atom. The van der Waals surface area contributed by atoms with E-state index in [1.54, 1.807) is 7.05 Å². The normalized spacial score (nSPS) is 18.9. The van der Waals surface area contributed by atoms with Crippen molar-refractivity contribution < 1.29 is 33.7 Å². The van der Waals surface area contributed by atoms with Crippen LogP contribution in [0.2, 0.25) is 0 Å². The molecule has 12 heteroatoms. The first-order chi connectivity index (χ1) is 19.2. The van der Waals surface area contributed by atoms with Crippen molar-refractivity contribution in [1.82, 2.24) is 24.9 Å². The molecule has 1 saturated heterocycles. The topological polar surface area (TPSA) is 124 Å². The number of hydrogen-bond donors (Lipinski definition) is 2. The molecule has 1 aliphatic heterocycles. The van der Waals surface area contributed by atoms with Crippen molar-refractivity contribution >= 4 is 17.9 Å². The monoisotopic (exact) mass is 601 g/mol. The average Bonchev–Trinajstić information content (AvgIpc) is 2.77. The molecule has 2 N–H and O–H groups in total. The van der Waals surface area contributed by atoms with E-state index in [1.807, 2.05) is 77.0 Å². The van der Waals surface area contributed by atoms with Gasteiger partial charge in [-0.05, 0) is 69.4 Å². The van der Waals surface area contributed by atoms with Crippen molar-refractivity contribution in [2.75, 3.05) is 92.1 Å². The molecule has 0 saturated carbocycles. The van der Waals surface area contributed by atoms with Gasteiger partial charge in [0.15, 0.2) is 0 Å². The van der Waals surface area contributed by atoms with E-state index in [9.17, 15) is 19.5 Å². The van der Waals surface area contributed by atoms with Crippen LogP contribution in [0, 0.1) is 0 Å². The van der Waals surface area contributed by atoms with Crippen LogP contribution in [0.4, 0.5) is 0 Å². The molecule has 0 radical (unpaired) electrons. The number of rotatable bonds is 10. The van der Waals surface area contributed by atoms with E-state index in [0.29, 0.717) is 65.4 Å². The molecule has 0 bridgehead atoms. The predicted octanol–water partition coefficient (Wildman–Crippen LogP) is 0.813. The van der Waals surface area contributed by atoms with E-state index in [1.165, 1.54) is 0 Å². The second kappa shape index (κ2) is 17.5. The first-order valence-corrected chi connectivity index (χ1v) is 15.1. The summed E-state index contributed by atoms with van der Waals surface area (Å²) in [6.45, 7) is 22.3. The van der Waals surface area contributed by atoms with Crippen molar-refractivity contribution in [3.05, 3.63) is 0 Å². The number of carbonyl (C=O) groups excluding carboxylic acids is 3. The molecule has 1 aliphatic rings. The zero-order valence-corrected chi connectivity index (χ0v) is 28.0. The van der Waals surface area contributed by atoms with E-state index in [-0.39, 0.29) is 37.5 Å². The summed E-state index contributed by atoms with van der Waals surface area (Å²) in [5.41, 5.74) is -1.78. The highest BCUT2D eigenvalue weighted by Crippen LogP contribution is 2.11. The lowest BCUT2D eigenvalue weighted by Crippen LogP contribution is -2.50. The fourth-order valence-electron chi connectivity index (χ4n) is 4.50. The Balaban J connectivity index is 3.17. The highest BCUT2D eigenvalue weighted by atomic mass is 16.6. The number of carbonyl (C=O) groups is 3. The number of likely N-dealkylation sites (N-methyl/N-ethyl adjacent to an activating group) is 1. The average molecular weight is 602 g/mol. The molecule has 1 rings (SSSR count). The van der Waals surface area contributed by atoms with Crippen LogP contribution in [0.15, 0.2) is 0 Å². The van der Waals surface area contributed by atoms with E-state index in [0.717, 1.165) is 0 Å². The second-order valence-corrected chi connectivity index (χ2v) is 14.1. The molecule has 0 aromatic heterocycles. The Kier molecular flexibility index (Phi) is 15.9.